The van der Waals surface area contributed by atoms with Crippen LogP contribution in [0.3, 0.4) is 0 Å². The lowest BCUT2D eigenvalue weighted by Crippen LogP contribution is -2.30. The van der Waals surface area contributed by atoms with E-state index in [0.717, 1.165) is 12.0 Å². The summed E-state index contributed by atoms with van der Waals surface area (Å²) >= 11 is 0. The molecule has 3 aromatic rings. The maximum Gasteiger partial charge on any atom is 0.349 e. The van der Waals surface area contributed by atoms with Gasteiger partial charge < -0.3 is 14.7 Å². The maximum atomic E-state index is 12.4. The molecule has 2 heterocycles. The van der Waals surface area contributed by atoms with Gasteiger partial charge in [0.1, 0.15) is 17.1 Å². The van der Waals surface area contributed by atoms with Crippen LogP contribution in [0.15, 0.2) is 56.5 Å². The van der Waals surface area contributed by atoms with Crippen molar-refractivity contribution in [1.29, 1.82) is 0 Å². The molecule has 0 spiro atoms. The number of carbonyl (C=O) groups excluding carboxylic acids is 1. The molecule has 28 heavy (non-hydrogen) atoms. The van der Waals surface area contributed by atoms with E-state index in [2.05, 4.69) is 15.3 Å². The third kappa shape index (κ3) is 4.82. The predicted octanol–water partition coefficient (Wildman–Crippen LogP) is 2.06. The normalized spacial score (nSPS) is 10.6. The summed E-state index contributed by atoms with van der Waals surface area (Å²) in [7, 11) is 0. The Kier molecular flexibility index (Phi) is 5.84. The number of aryl methyl sites for hydroxylation is 4. The lowest BCUT2D eigenvalue weighted by atomic mass is 10.1. The number of amides is 1. The molecule has 0 fully saturated rings. The Morgan fingerprint density at radius 1 is 1.11 bits per heavy atom. The van der Waals surface area contributed by atoms with E-state index in [4.69, 9.17) is 4.42 Å². The molecule has 0 aliphatic heterocycles. The monoisotopic (exact) mass is 379 g/mol. The van der Waals surface area contributed by atoms with Crippen molar-refractivity contribution in [3.05, 3.63) is 97.2 Å². The van der Waals surface area contributed by atoms with Gasteiger partial charge in [-0.2, -0.15) is 0 Å². The molecule has 1 aromatic carbocycles. The van der Waals surface area contributed by atoms with Crippen molar-refractivity contribution in [2.75, 3.05) is 0 Å². The van der Waals surface area contributed by atoms with Crippen LogP contribution in [0, 0.1) is 13.8 Å². The Hall–Kier alpha value is -3.48. The van der Waals surface area contributed by atoms with Crippen LogP contribution in [-0.4, -0.2) is 15.9 Å². The average Bonchev–Trinajstić information content (AvgIpc) is 2.64. The molecule has 0 radical (unpaired) electrons. The summed E-state index contributed by atoms with van der Waals surface area (Å²) in [6.45, 7) is 3.39. The highest BCUT2D eigenvalue weighted by molar-refractivity contribution is 5.95. The maximum absolute atomic E-state index is 12.4. The molecule has 0 saturated heterocycles. The third-order valence-corrected chi connectivity index (χ3v) is 4.27. The lowest BCUT2D eigenvalue weighted by molar-refractivity contribution is 0.0945. The summed E-state index contributed by atoms with van der Waals surface area (Å²) in [6, 6.07) is 12.9. The molecule has 3 rings (SSSR count). The number of rotatable bonds is 6. The fourth-order valence-corrected chi connectivity index (χ4v) is 2.97. The van der Waals surface area contributed by atoms with Crippen LogP contribution in [0.4, 0.5) is 0 Å². The molecule has 0 aliphatic carbocycles. The Morgan fingerprint density at radius 3 is 2.54 bits per heavy atom. The van der Waals surface area contributed by atoms with Crippen LogP contribution in [0.25, 0.3) is 0 Å². The number of aromatic amines is 1. The van der Waals surface area contributed by atoms with Crippen molar-refractivity contribution in [2.24, 2.45) is 0 Å². The van der Waals surface area contributed by atoms with Gasteiger partial charge in [0, 0.05) is 12.5 Å². The van der Waals surface area contributed by atoms with E-state index < -0.39 is 11.5 Å². The van der Waals surface area contributed by atoms with Crippen LogP contribution in [0.2, 0.25) is 0 Å². The van der Waals surface area contributed by atoms with Crippen molar-refractivity contribution < 1.29 is 9.21 Å². The fraction of sp³-hybridized carbons (Fsp3) is 0.238. The number of benzene rings is 1. The van der Waals surface area contributed by atoms with Crippen LogP contribution in [0.5, 0.6) is 0 Å². The molecule has 0 bridgehead atoms. The largest absolute Gasteiger partial charge is 0.427 e. The van der Waals surface area contributed by atoms with Gasteiger partial charge in [0.15, 0.2) is 0 Å². The molecule has 0 aliphatic rings. The van der Waals surface area contributed by atoms with Gasteiger partial charge in [-0.25, -0.2) is 9.78 Å². The van der Waals surface area contributed by atoms with Gasteiger partial charge in [0.05, 0.1) is 12.2 Å². The molecule has 144 valence electrons. The Balaban J connectivity index is 1.70. The highest BCUT2D eigenvalue weighted by Gasteiger charge is 2.17. The summed E-state index contributed by atoms with van der Waals surface area (Å²) in [6.07, 6.45) is 1.31. The zero-order chi connectivity index (χ0) is 20.1. The van der Waals surface area contributed by atoms with Crippen molar-refractivity contribution in [3.63, 3.8) is 0 Å². The zero-order valence-corrected chi connectivity index (χ0v) is 15.7. The first-order chi connectivity index (χ1) is 13.4. The Morgan fingerprint density at radius 2 is 1.86 bits per heavy atom. The molecule has 0 unspecified atom stereocenters. The molecule has 0 saturated carbocycles. The number of nitrogens with one attached hydrogen (secondary N) is 2. The smallest absolute Gasteiger partial charge is 0.349 e. The van der Waals surface area contributed by atoms with Gasteiger partial charge in [-0.15, -0.1) is 0 Å². The van der Waals surface area contributed by atoms with Crippen LogP contribution >= 0.6 is 0 Å². The standard InChI is InChI=1S/C21H21N3O4/c1-13-10-17(9-8-15-6-4-3-5-7-15)28-21(27)19(13)20(26)22-12-16-11-18(25)24-14(2)23-16/h3-7,10-11H,8-9,12H2,1-2H3,(H,22,26)(H,23,24,25). The van der Waals surface area contributed by atoms with Crippen LogP contribution in [-0.2, 0) is 19.4 Å². The van der Waals surface area contributed by atoms with Crippen molar-refractivity contribution >= 4 is 5.91 Å². The topological polar surface area (TPSA) is 105 Å². The average molecular weight is 379 g/mol. The second-order valence-corrected chi connectivity index (χ2v) is 6.55. The lowest BCUT2D eigenvalue weighted by Gasteiger charge is -2.08. The van der Waals surface area contributed by atoms with Crippen molar-refractivity contribution in [1.82, 2.24) is 15.3 Å². The highest BCUT2D eigenvalue weighted by Crippen LogP contribution is 2.10. The number of hydrogen-bond acceptors (Lipinski definition) is 5. The predicted molar refractivity (Wildman–Crippen MR) is 104 cm³/mol. The van der Waals surface area contributed by atoms with Crippen molar-refractivity contribution in [3.8, 4) is 0 Å². The van der Waals surface area contributed by atoms with E-state index in [9.17, 15) is 14.4 Å². The first kappa shape index (κ1) is 19.3. The minimum absolute atomic E-state index is 0.0370. The Labute approximate surface area is 161 Å². The van der Waals surface area contributed by atoms with Gasteiger partial charge in [-0.05, 0) is 37.5 Å². The SMILES string of the molecule is Cc1nc(CNC(=O)c2c(C)cc(CCc3ccccc3)oc2=O)cc(=O)[nH]1. The first-order valence-corrected chi connectivity index (χ1v) is 8.95. The second-order valence-electron chi connectivity index (χ2n) is 6.55. The number of carbonyl (C=O) groups is 1. The Bertz CT molecular complexity index is 1100. The van der Waals surface area contributed by atoms with E-state index in [1.54, 1.807) is 19.9 Å². The summed E-state index contributed by atoms with van der Waals surface area (Å²) in [5.41, 5.74) is 1.10. The van der Waals surface area contributed by atoms with E-state index in [-0.39, 0.29) is 17.7 Å². The quantitative estimate of drug-likeness (QED) is 0.682. The first-order valence-electron chi connectivity index (χ1n) is 8.95. The third-order valence-electron chi connectivity index (χ3n) is 4.27. The second kappa shape index (κ2) is 8.47. The number of H-pyrrole nitrogens is 1. The van der Waals surface area contributed by atoms with E-state index in [1.807, 2.05) is 30.3 Å². The number of hydrogen-bond donors (Lipinski definition) is 2. The van der Waals surface area contributed by atoms with E-state index >= 15 is 0 Å². The molecule has 7 heteroatoms. The van der Waals surface area contributed by atoms with Gasteiger partial charge in [-0.1, -0.05) is 30.3 Å². The van der Waals surface area contributed by atoms with Gasteiger partial charge in [0.25, 0.3) is 11.5 Å². The van der Waals surface area contributed by atoms with Gasteiger partial charge >= 0.3 is 5.63 Å². The minimum atomic E-state index is -0.671. The van der Waals surface area contributed by atoms with E-state index in [0.29, 0.717) is 29.3 Å². The van der Waals surface area contributed by atoms with Gasteiger partial charge in [-0.3, -0.25) is 9.59 Å². The fourth-order valence-electron chi connectivity index (χ4n) is 2.97. The molecule has 2 N–H and O–H groups in total. The summed E-state index contributed by atoms with van der Waals surface area (Å²) in [5.74, 6) is 0.436. The molecule has 1 amide bonds. The number of aromatic nitrogens is 2. The highest BCUT2D eigenvalue weighted by atomic mass is 16.4. The van der Waals surface area contributed by atoms with Crippen LogP contribution < -0.4 is 16.5 Å². The molecular weight excluding hydrogens is 358 g/mol. The molecule has 2 aromatic heterocycles. The number of nitrogens with zero attached hydrogens (tertiary/aromatic N) is 1. The van der Waals surface area contributed by atoms with E-state index in [1.165, 1.54) is 6.07 Å². The van der Waals surface area contributed by atoms with Crippen molar-refractivity contribution in [2.45, 2.75) is 33.2 Å². The summed E-state index contributed by atoms with van der Waals surface area (Å²) in [5, 5.41) is 2.61. The molecule has 0 atom stereocenters. The van der Waals surface area contributed by atoms with Crippen LogP contribution in [0.1, 0.15) is 38.8 Å². The molecule has 7 nitrogen and oxygen atoms in total. The molecular formula is C21H21N3O4. The minimum Gasteiger partial charge on any atom is -0.427 e. The summed E-state index contributed by atoms with van der Waals surface area (Å²) in [4.78, 5) is 42.9. The summed E-state index contributed by atoms with van der Waals surface area (Å²) < 4.78 is 5.34. The van der Waals surface area contributed by atoms with Gasteiger partial charge in [0.2, 0.25) is 0 Å². The zero-order valence-electron chi connectivity index (χ0n) is 15.7.